The van der Waals surface area contributed by atoms with Crippen molar-refractivity contribution < 1.29 is 5.11 Å². The first-order chi connectivity index (χ1) is 6.26. The summed E-state index contributed by atoms with van der Waals surface area (Å²) in [6, 6.07) is 2.11. The molecule has 0 aliphatic heterocycles. The van der Waals surface area contributed by atoms with Crippen molar-refractivity contribution in [2.24, 2.45) is 0 Å². The van der Waals surface area contributed by atoms with Crippen LogP contribution < -0.4 is 5.32 Å². The Balaban J connectivity index is 2.52. The number of aliphatic hydroxyl groups is 1. The summed E-state index contributed by atoms with van der Waals surface area (Å²) < 4.78 is 0. The van der Waals surface area contributed by atoms with E-state index in [0.29, 0.717) is 0 Å². The van der Waals surface area contributed by atoms with Gasteiger partial charge in [0, 0.05) is 5.54 Å². The summed E-state index contributed by atoms with van der Waals surface area (Å²) in [7, 11) is 0. The van der Waals surface area contributed by atoms with Gasteiger partial charge in [-0.2, -0.15) is 5.26 Å². The van der Waals surface area contributed by atoms with Crippen LogP contribution in [-0.2, 0) is 0 Å². The quantitative estimate of drug-likeness (QED) is 0.686. The minimum Gasteiger partial charge on any atom is -0.394 e. The first-order valence-corrected chi connectivity index (χ1v) is 5.04. The first kappa shape index (κ1) is 10.5. The van der Waals surface area contributed by atoms with E-state index in [0.717, 1.165) is 32.1 Å². The maximum Gasteiger partial charge on any atom is 0.0955 e. The Morgan fingerprint density at radius 2 is 2.15 bits per heavy atom. The third-order valence-electron chi connectivity index (χ3n) is 2.91. The molecule has 1 aliphatic rings. The summed E-state index contributed by atoms with van der Waals surface area (Å²) in [5, 5.41) is 21.4. The van der Waals surface area contributed by atoms with Crippen LogP contribution in [0.25, 0.3) is 0 Å². The smallest absolute Gasteiger partial charge is 0.0955 e. The van der Waals surface area contributed by atoms with Crippen LogP contribution in [0.3, 0.4) is 0 Å². The molecule has 74 valence electrons. The third kappa shape index (κ3) is 2.43. The lowest BCUT2D eigenvalue weighted by atomic mass is 9.97. The monoisotopic (exact) mass is 182 g/mol. The van der Waals surface area contributed by atoms with Crippen LogP contribution in [0.2, 0.25) is 0 Å². The molecule has 0 aromatic carbocycles. The number of nitrogens with zero attached hydrogens (tertiary/aromatic N) is 1. The van der Waals surface area contributed by atoms with Crippen molar-refractivity contribution in [2.75, 3.05) is 6.61 Å². The van der Waals surface area contributed by atoms with Crippen molar-refractivity contribution in [3.63, 3.8) is 0 Å². The van der Waals surface area contributed by atoms with E-state index in [-0.39, 0.29) is 18.2 Å². The molecule has 1 aliphatic carbocycles. The van der Waals surface area contributed by atoms with Crippen molar-refractivity contribution in [3.05, 3.63) is 0 Å². The molecule has 0 heterocycles. The topological polar surface area (TPSA) is 56.0 Å². The van der Waals surface area contributed by atoms with E-state index in [1.165, 1.54) is 0 Å². The van der Waals surface area contributed by atoms with Crippen LogP contribution in [0, 0.1) is 11.3 Å². The largest absolute Gasteiger partial charge is 0.394 e. The fourth-order valence-electron chi connectivity index (χ4n) is 2.00. The number of rotatable bonds is 4. The third-order valence-corrected chi connectivity index (χ3v) is 2.91. The first-order valence-electron chi connectivity index (χ1n) is 5.04. The molecule has 1 saturated carbocycles. The Kier molecular flexibility index (Phi) is 3.71. The maximum absolute atomic E-state index is 9.28. The highest BCUT2D eigenvalue weighted by atomic mass is 16.3. The van der Waals surface area contributed by atoms with E-state index in [4.69, 9.17) is 5.26 Å². The molecule has 0 bridgehead atoms. The van der Waals surface area contributed by atoms with Crippen molar-refractivity contribution in [1.29, 1.82) is 5.26 Å². The van der Waals surface area contributed by atoms with Crippen molar-refractivity contribution >= 4 is 0 Å². The fraction of sp³-hybridized carbons (Fsp3) is 0.900. The van der Waals surface area contributed by atoms with Crippen LogP contribution in [0.4, 0.5) is 0 Å². The molecule has 1 atom stereocenters. The zero-order valence-electron chi connectivity index (χ0n) is 8.21. The molecule has 0 spiro atoms. The Labute approximate surface area is 79.8 Å². The van der Waals surface area contributed by atoms with Crippen molar-refractivity contribution in [2.45, 2.75) is 50.6 Å². The second-order valence-electron chi connectivity index (χ2n) is 3.88. The molecule has 0 aromatic rings. The number of aliphatic hydroxyl groups excluding tert-OH is 1. The van der Waals surface area contributed by atoms with Gasteiger partial charge < -0.3 is 5.11 Å². The van der Waals surface area contributed by atoms with E-state index in [2.05, 4.69) is 11.4 Å². The minimum absolute atomic E-state index is 0.106. The molecule has 0 aromatic heterocycles. The normalized spacial score (nSPS) is 22.5. The standard InChI is InChI=1S/C10H18N2O/c1-2-9(7-11)12-10(8-13)5-3-4-6-10/h9,12-13H,2-6,8H2,1H3. The fourth-order valence-corrected chi connectivity index (χ4v) is 2.00. The SMILES string of the molecule is CCC(C#N)NC1(CO)CCCC1. The highest BCUT2D eigenvalue weighted by Gasteiger charge is 2.34. The van der Waals surface area contributed by atoms with Gasteiger partial charge in [-0.1, -0.05) is 19.8 Å². The lowest BCUT2D eigenvalue weighted by molar-refractivity contribution is 0.157. The van der Waals surface area contributed by atoms with Gasteiger partial charge in [-0.3, -0.25) is 5.32 Å². The predicted octanol–water partition coefficient (Wildman–Crippen LogP) is 1.18. The maximum atomic E-state index is 9.28. The molecule has 3 nitrogen and oxygen atoms in total. The van der Waals surface area contributed by atoms with Gasteiger partial charge >= 0.3 is 0 Å². The van der Waals surface area contributed by atoms with Gasteiger partial charge in [0.2, 0.25) is 0 Å². The van der Waals surface area contributed by atoms with Crippen LogP contribution in [-0.4, -0.2) is 23.3 Å². The summed E-state index contributed by atoms with van der Waals surface area (Å²) in [5.74, 6) is 0. The molecule has 1 rings (SSSR count). The second-order valence-corrected chi connectivity index (χ2v) is 3.88. The number of hydrogen-bond acceptors (Lipinski definition) is 3. The van der Waals surface area contributed by atoms with E-state index >= 15 is 0 Å². The van der Waals surface area contributed by atoms with Gasteiger partial charge in [0.15, 0.2) is 0 Å². The Morgan fingerprint density at radius 1 is 1.54 bits per heavy atom. The highest BCUT2D eigenvalue weighted by molar-refractivity contribution is 5.00. The zero-order chi connectivity index (χ0) is 9.73. The van der Waals surface area contributed by atoms with Crippen molar-refractivity contribution in [3.8, 4) is 6.07 Å². The Morgan fingerprint density at radius 3 is 2.54 bits per heavy atom. The molecule has 13 heavy (non-hydrogen) atoms. The molecule has 3 heteroatoms. The molecule has 2 N–H and O–H groups in total. The van der Waals surface area contributed by atoms with E-state index in [1.54, 1.807) is 0 Å². The van der Waals surface area contributed by atoms with Gasteiger partial charge in [0.1, 0.15) is 0 Å². The average Bonchev–Trinajstić information content (AvgIpc) is 2.63. The van der Waals surface area contributed by atoms with E-state index in [9.17, 15) is 5.11 Å². The van der Waals surface area contributed by atoms with Crippen LogP contribution in [0.1, 0.15) is 39.0 Å². The summed E-state index contributed by atoms with van der Waals surface area (Å²) >= 11 is 0. The van der Waals surface area contributed by atoms with Gasteiger partial charge in [-0.05, 0) is 19.3 Å². The van der Waals surface area contributed by atoms with Gasteiger partial charge in [-0.25, -0.2) is 0 Å². The highest BCUT2D eigenvalue weighted by Crippen LogP contribution is 2.29. The van der Waals surface area contributed by atoms with Crippen molar-refractivity contribution in [1.82, 2.24) is 5.32 Å². The molecule has 1 unspecified atom stereocenters. The predicted molar refractivity (Wildman–Crippen MR) is 51.1 cm³/mol. The number of nitrogens with one attached hydrogen (secondary N) is 1. The molecular weight excluding hydrogens is 164 g/mol. The Hall–Kier alpha value is -0.590. The number of hydrogen-bond donors (Lipinski definition) is 2. The van der Waals surface area contributed by atoms with Crippen LogP contribution in [0.5, 0.6) is 0 Å². The van der Waals surface area contributed by atoms with Gasteiger partial charge in [0.25, 0.3) is 0 Å². The summed E-state index contributed by atoms with van der Waals surface area (Å²) in [4.78, 5) is 0. The minimum atomic E-state index is -0.156. The lowest BCUT2D eigenvalue weighted by Crippen LogP contribution is -2.50. The van der Waals surface area contributed by atoms with E-state index in [1.807, 2.05) is 6.92 Å². The average molecular weight is 182 g/mol. The molecule has 0 saturated heterocycles. The van der Waals surface area contributed by atoms with Gasteiger partial charge in [0.05, 0.1) is 18.7 Å². The molecule has 0 amide bonds. The Bertz CT molecular complexity index is 192. The molecule has 1 fully saturated rings. The van der Waals surface area contributed by atoms with Crippen LogP contribution in [0.15, 0.2) is 0 Å². The molecule has 0 radical (unpaired) electrons. The summed E-state index contributed by atoms with van der Waals surface area (Å²) in [5.41, 5.74) is -0.156. The van der Waals surface area contributed by atoms with Crippen LogP contribution >= 0.6 is 0 Å². The van der Waals surface area contributed by atoms with E-state index < -0.39 is 0 Å². The molecular formula is C10H18N2O. The lowest BCUT2D eigenvalue weighted by Gasteiger charge is -2.30. The second kappa shape index (κ2) is 4.59. The van der Waals surface area contributed by atoms with Gasteiger partial charge in [-0.15, -0.1) is 0 Å². The summed E-state index contributed by atoms with van der Waals surface area (Å²) in [6.07, 6.45) is 5.13. The summed E-state index contributed by atoms with van der Waals surface area (Å²) in [6.45, 7) is 2.14. The zero-order valence-corrected chi connectivity index (χ0v) is 8.21. The number of nitriles is 1.